The second-order valence-electron chi connectivity index (χ2n) is 7.36. The monoisotopic (exact) mass is 437 g/mol. The summed E-state index contributed by atoms with van der Waals surface area (Å²) in [6.07, 6.45) is 0.860. The number of hydrogen-bond donors (Lipinski definition) is 0. The summed E-state index contributed by atoms with van der Waals surface area (Å²) in [5, 5.41) is 0. The zero-order chi connectivity index (χ0) is 18.9. The minimum atomic E-state index is -0.812. The minimum Gasteiger partial charge on any atom is -0.493 e. The smallest absolute Gasteiger partial charge is 0.246 e. The van der Waals surface area contributed by atoms with Crippen LogP contribution in [0.5, 0.6) is 11.5 Å². The molecule has 4 heterocycles. The van der Waals surface area contributed by atoms with E-state index in [4.69, 9.17) is 13.9 Å². The molecule has 0 bridgehead atoms. The summed E-state index contributed by atoms with van der Waals surface area (Å²) in [7, 11) is 0. The number of carbonyl (C=O) groups is 1. The fourth-order valence-corrected chi connectivity index (χ4v) is 4.94. The molecule has 0 saturated heterocycles. The van der Waals surface area contributed by atoms with Crippen molar-refractivity contribution in [1.82, 2.24) is 0 Å². The van der Waals surface area contributed by atoms with Crippen molar-refractivity contribution >= 4 is 27.5 Å². The van der Waals surface area contributed by atoms with Crippen molar-refractivity contribution in [3.05, 3.63) is 75.7 Å². The SMILES string of the molecule is O=C1N(Cc2ccc(Br)o2)c2ccccc2C12COc1cc3c(cc12)CCO3. The summed E-state index contributed by atoms with van der Waals surface area (Å²) in [6, 6.07) is 15.7. The van der Waals surface area contributed by atoms with Gasteiger partial charge in [0.05, 0.1) is 13.2 Å². The number of hydrogen-bond acceptors (Lipinski definition) is 4. The summed E-state index contributed by atoms with van der Waals surface area (Å²) in [5.74, 6) is 2.37. The summed E-state index contributed by atoms with van der Waals surface area (Å²) in [4.78, 5) is 15.6. The quantitative estimate of drug-likeness (QED) is 0.602. The van der Waals surface area contributed by atoms with Crippen LogP contribution < -0.4 is 14.4 Å². The van der Waals surface area contributed by atoms with Crippen LogP contribution in [-0.2, 0) is 23.2 Å². The second-order valence-corrected chi connectivity index (χ2v) is 8.14. The number of amides is 1. The molecular weight excluding hydrogens is 422 g/mol. The summed E-state index contributed by atoms with van der Waals surface area (Å²) in [5.41, 5.74) is 3.17. The lowest BCUT2D eigenvalue weighted by atomic mass is 9.76. The maximum absolute atomic E-state index is 13.8. The van der Waals surface area contributed by atoms with Crippen molar-refractivity contribution in [3.8, 4) is 11.5 Å². The number of halogens is 1. The lowest BCUT2D eigenvalue weighted by Crippen LogP contribution is -2.42. The topological polar surface area (TPSA) is 51.9 Å². The van der Waals surface area contributed by atoms with Gasteiger partial charge in [0.2, 0.25) is 5.91 Å². The van der Waals surface area contributed by atoms with Gasteiger partial charge in [-0.15, -0.1) is 0 Å². The predicted molar refractivity (Wildman–Crippen MR) is 106 cm³/mol. The number of carbonyl (C=O) groups excluding carboxylic acids is 1. The van der Waals surface area contributed by atoms with Crippen LogP contribution in [0.2, 0.25) is 0 Å². The highest BCUT2D eigenvalue weighted by atomic mass is 79.9. The molecule has 0 aliphatic carbocycles. The van der Waals surface area contributed by atoms with E-state index in [1.807, 2.05) is 47.4 Å². The fourth-order valence-electron chi connectivity index (χ4n) is 4.60. The zero-order valence-corrected chi connectivity index (χ0v) is 16.5. The van der Waals surface area contributed by atoms with E-state index in [9.17, 15) is 4.79 Å². The van der Waals surface area contributed by atoms with Crippen molar-refractivity contribution in [2.45, 2.75) is 18.4 Å². The first-order chi connectivity index (χ1) is 13.7. The van der Waals surface area contributed by atoms with Gasteiger partial charge < -0.3 is 18.8 Å². The number of nitrogens with zero attached hydrogens (tertiary/aromatic N) is 1. The molecule has 140 valence electrons. The van der Waals surface area contributed by atoms with E-state index in [-0.39, 0.29) is 5.91 Å². The van der Waals surface area contributed by atoms with Crippen LogP contribution in [0, 0.1) is 0 Å². The summed E-state index contributed by atoms with van der Waals surface area (Å²) >= 11 is 3.34. The molecule has 1 unspecified atom stereocenters. The molecular formula is C22H16BrNO4. The molecule has 3 aromatic rings. The van der Waals surface area contributed by atoms with Gasteiger partial charge in [-0.2, -0.15) is 0 Å². The Morgan fingerprint density at radius 1 is 1.04 bits per heavy atom. The van der Waals surface area contributed by atoms with Gasteiger partial charge in [-0.1, -0.05) is 18.2 Å². The van der Waals surface area contributed by atoms with Gasteiger partial charge in [-0.3, -0.25) is 4.79 Å². The van der Waals surface area contributed by atoms with Gasteiger partial charge in [0.25, 0.3) is 0 Å². The van der Waals surface area contributed by atoms with E-state index < -0.39 is 5.41 Å². The lowest BCUT2D eigenvalue weighted by Gasteiger charge is -2.23. The van der Waals surface area contributed by atoms with Crippen molar-refractivity contribution < 1.29 is 18.7 Å². The van der Waals surface area contributed by atoms with Crippen LogP contribution in [0.4, 0.5) is 5.69 Å². The molecule has 0 fully saturated rings. The first-order valence-corrected chi connectivity index (χ1v) is 10.0. The van der Waals surface area contributed by atoms with Crippen LogP contribution in [0.25, 0.3) is 0 Å². The van der Waals surface area contributed by atoms with Gasteiger partial charge in [0, 0.05) is 23.7 Å². The molecule has 0 N–H and O–H groups in total. The Labute approximate surface area is 170 Å². The number of benzene rings is 2. The van der Waals surface area contributed by atoms with Crippen molar-refractivity contribution in [1.29, 1.82) is 0 Å². The maximum Gasteiger partial charge on any atom is 0.246 e. The Kier molecular flexibility index (Phi) is 3.27. The van der Waals surface area contributed by atoms with E-state index in [1.54, 1.807) is 0 Å². The maximum atomic E-state index is 13.8. The predicted octanol–water partition coefficient (Wildman–Crippen LogP) is 4.20. The second kappa shape index (κ2) is 5.64. The molecule has 2 aromatic carbocycles. The molecule has 1 spiro atoms. The summed E-state index contributed by atoms with van der Waals surface area (Å²) in [6.45, 7) is 1.36. The normalized spacial score (nSPS) is 21.5. The van der Waals surface area contributed by atoms with Gasteiger partial charge in [-0.25, -0.2) is 0 Å². The fraction of sp³-hybridized carbons (Fsp3) is 0.227. The minimum absolute atomic E-state index is 0.0267. The van der Waals surface area contributed by atoms with Crippen molar-refractivity contribution in [3.63, 3.8) is 0 Å². The average Bonchev–Trinajstić information content (AvgIpc) is 3.45. The number of para-hydroxylation sites is 1. The Hall–Kier alpha value is -2.73. The van der Waals surface area contributed by atoms with Crippen molar-refractivity contribution in [2.24, 2.45) is 0 Å². The Bertz CT molecular complexity index is 1140. The van der Waals surface area contributed by atoms with E-state index in [0.717, 1.165) is 46.1 Å². The molecule has 6 rings (SSSR count). The van der Waals surface area contributed by atoms with Crippen molar-refractivity contribution in [2.75, 3.05) is 18.1 Å². The molecule has 0 radical (unpaired) electrons. The zero-order valence-electron chi connectivity index (χ0n) is 14.9. The highest BCUT2D eigenvalue weighted by molar-refractivity contribution is 9.10. The number of ether oxygens (including phenoxy) is 2. The third kappa shape index (κ3) is 2.04. The van der Waals surface area contributed by atoms with Crippen LogP contribution in [0.1, 0.15) is 22.5 Å². The molecule has 1 amide bonds. The molecule has 6 heteroatoms. The summed E-state index contributed by atoms with van der Waals surface area (Å²) < 4.78 is 18.0. The lowest BCUT2D eigenvalue weighted by molar-refractivity contribution is -0.122. The van der Waals surface area contributed by atoms with Crippen LogP contribution in [0.15, 0.2) is 57.6 Å². The van der Waals surface area contributed by atoms with Crippen LogP contribution in [-0.4, -0.2) is 19.1 Å². The Morgan fingerprint density at radius 3 is 2.79 bits per heavy atom. The average molecular weight is 438 g/mol. The number of anilines is 1. The first-order valence-electron chi connectivity index (χ1n) is 9.25. The molecule has 5 nitrogen and oxygen atoms in total. The number of rotatable bonds is 2. The van der Waals surface area contributed by atoms with Crippen LogP contribution in [0.3, 0.4) is 0 Å². The van der Waals surface area contributed by atoms with Gasteiger partial charge >= 0.3 is 0 Å². The highest BCUT2D eigenvalue weighted by Gasteiger charge is 2.57. The first kappa shape index (κ1) is 16.2. The highest BCUT2D eigenvalue weighted by Crippen LogP contribution is 2.54. The van der Waals surface area contributed by atoms with Crippen LogP contribution >= 0.6 is 15.9 Å². The Balaban J connectivity index is 1.51. The molecule has 3 aliphatic rings. The van der Waals surface area contributed by atoms with Gasteiger partial charge in [0.1, 0.15) is 29.3 Å². The third-order valence-corrected chi connectivity index (χ3v) is 6.33. The van der Waals surface area contributed by atoms with E-state index in [1.165, 1.54) is 0 Å². The van der Waals surface area contributed by atoms with E-state index in [0.29, 0.717) is 24.4 Å². The third-order valence-electron chi connectivity index (χ3n) is 5.90. The Morgan fingerprint density at radius 2 is 1.93 bits per heavy atom. The number of fused-ring (bicyclic) bond motifs is 5. The molecule has 0 saturated carbocycles. The molecule has 3 aliphatic heterocycles. The van der Waals surface area contributed by atoms with Gasteiger partial charge in [0.15, 0.2) is 4.67 Å². The van der Waals surface area contributed by atoms with E-state index in [2.05, 4.69) is 22.0 Å². The number of furan rings is 1. The molecule has 1 aromatic heterocycles. The standard InChI is InChI=1S/C22H16BrNO4/c23-20-6-5-14(28-20)11-24-17-4-2-1-3-15(17)22(21(24)25)12-27-19-10-18-13(7-8-26-18)9-16(19)22/h1-6,9-10H,7-8,11-12H2. The molecule has 28 heavy (non-hydrogen) atoms. The van der Waals surface area contributed by atoms with E-state index >= 15 is 0 Å². The van der Waals surface area contributed by atoms with Gasteiger partial charge in [-0.05, 0) is 51.3 Å². The molecule has 1 atom stereocenters. The largest absolute Gasteiger partial charge is 0.493 e.